The van der Waals surface area contributed by atoms with Gasteiger partial charge in [-0.3, -0.25) is 0 Å². The van der Waals surface area contributed by atoms with Crippen molar-refractivity contribution >= 4 is 28.6 Å². The molecule has 5 heterocycles. The van der Waals surface area contributed by atoms with Gasteiger partial charge < -0.3 is 19.1 Å². The van der Waals surface area contributed by atoms with Gasteiger partial charge in [0, 0.05) is 35.2 Å². The van der Waals surface area contributed by atoms with Gasteiger partial charge in [0.2, 0.25) is 0 Å². The zero-order valence-electron chi connectivity index (χ0n) is 26.1. The normalized spacial score (nSPS) is 15.6. The lowest BCUT2D eigenvalue weighted by Gasteiger charge is -2.28. The van der Waals surface area contributed by atoms with E-state index < -0.39 is 29.3 Å². The first-order chi connectivity index (χ1) is 23.5. The summed E-state index contributed by atoms with van der Waals surface area (Å²) in [4.78, 5) is 24.8. The number of rotatable bonds is 9. The van der Waals surface area contributed by atoms with Crippen LogP contribution in [0.1, 0.15) is 47.2 Å². The van der Waals surface area contributed by atoms with Gasteiger partial charge in [-0.05, 0) is 48.0 Å². The van der Waals surface area contributed by atoms with Crippen LogP contribution >= 0.6 is 11.6 Å². The second kappa shape index (κ2) is 12.6. The standard InChI is InChI=1S/C34H27ClF3N7O4/c1-34(2)17-48-16-29(34)45-28-10-18(33(46)47)3-5-27(28)41-31(45)11-19-9-25(38)21(12-24(19)37)26-6-4-23(36)32(42-26)49-15-20-14-39-30(13-22(20)35)44-8-7-40-43-44/h3-10,12-14,29H,11,15-17H2,1-2H3,(H,46,47)/t29-/m1/s1. The van der Waals surface area contributed by atoms with Crippen LogP contribution in [-0.2, 0) is 17.8 Å². The molecule has 15 heteroatoms. The fourth-order valence-electron chi connectivity index (χ4n) is 5.85. The molecule has 1 N–H and O–H groups in total. The Kier molecular flexibility index (Phi) is 8.28. The van der Waals surface area contributed by atoms with Gasteiger partial charge in [-0.1, -0.05) is 30.7 Å². The van der Waals surface area contributed by atoms with Crippen LogP contribution in [0.4, 0.5) is 13.2 Å². The summed E-state index contributed by atoms with van der Waals surface area (Å²) in [5, 5.41) is 17.5. The van der Waals surface area contributed by atoms with E-state index in [2.05, 4.69) is 20.3 Å². The third-order valence-corrected chi connectivity index (χ3v) is 8.84. The van der Waals surface area contributed by atoms with Gasteiger partial charge in [0.05, 0.1) is 59.0 Å². The van der Waals surface area contributed by atoms with Crippen LogP contribution in [0.25, 0.3) is 28.1 Å². The molecule has 1 saturated heterocycles. The van der Waals surface area contributed by atoms with Crippen molar-refractivity contribution in [1.29, 1.82) is 0 Å². The Balaban J connectivity index is 1.17. The zero-order valence-corrected chi connectivity index (χ0v) is 26.8. The number of imidazole rings is 1. The second-order valence-corrected chi connectivity index (χ2v) is 12.7. The van der Waals surface area contributed by atoms with E-state index >= 15 is 8.78 Å². The molecule has 0 radical (unpaired) electrons. The molecular weight excluding hydrogens is 663 g/mol. The Morgan fingerprint density at radius 3 is 2.61 bits per heavy atom. The average Bonchev–Trinajstić information content (AvgIpc) is 3.81. The van der Waals surface area contributed by atoms with Gasteiger partial charge >= 0.3 is 5.97 Å². The van der Waals surface area contributed by atoms with Crippen molar-refractivity contribution in [2.45, 2.75) is 32.9 Å². The maximum atomic E-state index is 15.7. The molecule has 1 aliphatic rings. The van der Waals surface area contributed by atoms with Crippen LogP contribution in [-0.4, -0.2) is 58.8 Å². The third kappa shape index (κ3) is 6.20. The van der Waals surface area contributed by atoms with Crippen molar-refractivity contribution in [2.24, 2.45) is 5.41 Å². The summed E-state index contributed by atoms with van der Waals surface area (Å²) in [5.41, 5.74) is 1.01. The number of pyridine rings is 2. The van der Waals surface area contributed by atoms with Crippen molar-refractivity contribution < 1.29 is 32.5 Å². The Hall–Kier alpha value is -5.34. The van der Waals surface area contributed by atoms with Crippen LogP contribution in [0.15, 0.2) is 67.1 Å². The number of ether oxygens (including phenoxy) is 2. The summed E-state index contributed by atoms with van der Waals surface area (Å²) >= 11 is 6.37. The average molecular weight is 690 g/mol. The smallest absolute Gasteiger partial charge is 0.335 e. The summed E-state index contributed by atoms with van der Waals surface area (Å²) in [5.74, 6) is -3.03. The number of nitrogens with zero attached hydrogens (tertiary/aromatic N) is 7. The minimum absolute atomic E-state index is 0.0167. The Morgan fingerprint density at radius 1 is 1.06 bits per heavy atom. The molecule has 0 bridgehead atoms. The molecule has 6 aromatic rings. The molecule has 2 aromatic carbocycles. The largest absolute Gasteiger partial charge is 0.478 e. The molecule has 1 fully saturated rings. The molecular formula is C34H27ClF3N7O4. The first-order valence-electron chi connectivity index (χ1n) is 15.1. The third-order valence-electron chi connectivity index (χ3n) is 8.48. The minimum Gasteiger partial charge on any atom is -0.478 e. The highest BCUT2D eigenvalue weighted by Gasteiger charge is 2.39. The molecule has 0 saturated carbocycles. The first kappa shape index (κ1) is 32.2. The topological polar surface area (TPSA) is 130 Å². The fourth-order valence-corrected chi connectivity index (χ4v) is 6.05. The van der Waals surface area contributed by atoms with Crippen molar-refractivity contribution in [2.75, 3.05) is 13.2 Å². The quantitative estimate of drug-likeness (QED) is 0.178. The highest BCUT2D eigenvalue weighted by Crippen LogP contribution is 2.41. The van der Waals surface area contributed by atoms with E-state index in [1.807, 2.05) is 18.4 Å². The number of carbonyl (C=O) groups is 1. The summed E-state index contributed by atoms with van der Waals surface area (Å²) in [7, 11) is 0. The minimum atomic E-state index is -1.09. The number of halogens is 4. The van der Waals surface area contributed by atoms with E-state index in [1.165, 1.54) is 35.3 Å². The van der Waals surface area contributed by atoms with Crippen LogP contribution in [0.3, 0.4) is 0 Å². The zero-order chi connectivity index (χ0) is 34.4. The van der Waals surface area contributed by atoms with E-state index in [0.717, 1.165) is 18.2 Å². The number of benzene rings is 2. The molecule has 7 rings (SSSR count). The van der Waals surface area contributed by atoms with Gasteiger partial charge in [-0.15, -0.1) is 5.10 Å². The predicted octanol–water partition coefficient (Wildman–Crippen LogP) is 6.61. The maximum absolute atomic E-state index is 15.7. The van der Waals surface area contributed by atoms with Crippen LogP contribution in [0.2, 0.25) is 5.02 Å². The number of aromatic carboxylic acids is 1. The Bertz CT molecular complexity index is 2230. The van der Waals surface area contributed by atoms with Crippen molar-refractivity contribution in [3.63, 3.8) is 0 Å². The number of hydrogen-bond acceptors (Lipinski definition) is 8. The molecule has 0 aliphatic carbocycles. The second-order valence-electron chi connectivity index (χ2n) is 12.3. The molecule has 0 spiro atoms. The summed E-state index contributed by atoms with van der Waals surface area (Å²) in [6.07, 6.45) is 4.42. The molecule has 0 unspecified atom stereocenters. The van der Waals surface area contributed by atoms with Gasteiger partial charge in [-0.2, -0.15) is 0 Å². The number of carboxylic acid groups (broad SMARTS) is 1. The maximum Gasteiger partial charge on any atom is 0.335 e. The van der Waals surface area contributed by atoms with E-state index in [9.17, 15) is 14.3 Å². The number of fused-ring (bicyclic) bond motifs is 1. The molecule has 1 aliphatic heterocycles. The number of aromatic nitrogens is 7. The lowest BCUT2D eigenvalue weighted by Crippen LogP contribution is -2.27. The molecule has 49 heavy (non-hydrogen) atoms. The van der Waals surface area contributed by atoms with Crippen LogP contribution < -0.4 is 4.74 Å². The highest BCUT2D eigenvalue weighted by molar-refractivity contribution is 6.31. The van der Waals surface area contributed by atoms with Crippen LogP contribution in [0.5, 0.6) is 5.88 Å². The number of carboxylic acids is 1. The van der Waals surface area contributed by atoms with E-state index in [0.29, 0.717) is 41.5 Å². The monoisotopic (exact) mass is 689 g/mol. The van der Waals surface area contributed by atoms with E-state index in [4.69, 9.17) is 26.1 Å². The lowest BCUT2D eigenvalue weighted by molar-refractivity contribution is 0.0697. The van der Waals surface area contributed by atoms with Crippen LogP contribution in [0, 0.1) is 22.9 Å². The summed E-state index contributed by atoms with van der Waals surface area (Å²) in [6, 6.07) is 10.2. The highest BCUT2D eigenvalue weighted by atomic mass is 35.5. The SMILES string of the molecule is CC1(C)COC[C@H]1n1c(Cc2cc(F)c(-c3ccc(F)c(OCc4cnc(-n5ccnn5)cc4Cl)n3)cc2F)nc2ccc(C(=O)O)cc21. The Labute approximate surface area is 281 Å². The molecule has 0 amide bonds. The van der Waals surface area contributed by atoms with Crippen molar-refractivity contribution in [3.8, 4) is 23.0 Å². The van der Waals surface area contributed by atoms with Crippen molar-refractivity contribution in [3.05, 3.63) is 112 Å². The molecule has 11 nitrogen and oxygen atoms in total. The van der Waals surface area contributed by atoms with Gasteiger partial charge in [0.15, 0.2) is 11.6 Å². The van der Waals surface area contributed by atoms with Gasteiger partial charge in [0.25, 0.3) is 5.88 Å². The van der Waals surface area contributed by atoms with E-state index in [-0.39, 0.29) is 51.9 Å². The van der Waals surface area contributed by atoms with E-state index in [1.54, 1.807) is 18.3 Å². The summed E-state index contributed by atoms with van der Waals surface area (Å²) < 4.78 is 60.8. The predicted molar refractivity (Wildman–Crippen MR) is 171 cm³/mol. The first-order valence-corrected chi connectivity index (χ1v) is 15.5. The summed E-state index contributed by atoms with van der Waals surface area (Å²) in [6.45, 7) is 4.64. The Morgan fingerprint density at radius 2 is 1.90 bits per heavy atom. The molecule has 1 atom stereocenters. The fraction of sp³-hybridized carbons (Fsp3) is 0.235. The van der Waals surface area contributed by atoms with Gasteiger partial charge in [0.1, 0.15) is 24.1 Å². The molecule has 4 aromatic heterocycles. The van der Waals surface area contributed by atoms with Gasteiger partial charge in [-0.25, -0.2) is 37.6 Å². The number of hydrogen-bond donors (Lipinski definition) is 1. The molecule has 250 valence electrons. The van der Waals surface area contributed by atoms with Crippen molar-refractivity contribution in [1.82, 2.24) is 34.5 Å². The lowest BCUT2D eigenvalue weighted by atomic mass is 9.87.